The SMILES string of the molecule is COc1ccc(/C=C/C(=O)NCCc2ccc(N(C)C)cc2)cc1OC. The van der Waals surface area contributed by atoms with Crippen molar-refractivity contribution in [2.24, 2.45) is 0 Å². The molecule has 2 rings (SSSR count). The van der Waals surface area contributed by atoms with E-state index in [4.69, 9.17) is 9.47 Å². The van der Waals surface area contributed by atoms with Gasteiger partial charge < -0.3 is 19.7 Å². The second-order valence-corrected chi connectivity index (χ2v) is 6.05. The van der Waals surface area contributed by atoms with Gasteiger partial charge in [-0.2, -0.15) is 0 Å². The number of ether oxygens (including phenoxy) is 2. The van der Waals surface area contributed by atoms with Crippen molar-refractivity contribution in [3.05, 3.63) is 59.7 Å². The standard InChI is InChI=1S/C21H26N2O3/c1-23(2)18-9-5-16(6-10-18)13-14-22-21(24)12-8-17-7-11-19(25-3)20(15-17)26-4/h5-12,15H,13-14H2,1-4H3,(H,22,24)/b12-8+. The molecule has 1 N–H and O–H groups in total. The number of hydrogen-bond donors (Lipinski definition) is 1. The van der Waals surface area contributed by atoms with Crippen LogP contribution in [0.2, 0.25) is 0 Å². The molecule has 2 aromatic rings. The quantitative estimate of drug-likeness (QED) is 0.740. The van der Waals surface area contributed by atoms with E-state index in [1.807, 2.05) is 32.3 Å². The summed E-state index contributed by atoms with van der Waals surface area (Å²) in [5, 5.41) is 2.90. The Bertz CT molecular complexity index is 752. The van der Waals surface area contributed by atoms with Crippen LogP contribution in [0.3, 0.4) is 0 Å². The molecule has 0 aliphatic heterocycles. The van der Waals surface area contributed by atoms with E-state index < -0.39 is 0 Å². The minimum absolute atomic E-state index is 0.121. The maximum absolute atomic E-state index is 12.0. The summed E-state index contributed by atoms with van der Waals surface area (Å²) in [6, 6.07) is 13.8. The van der Waals surface area contributed by atoms with Crippen molar-refractivity contribution in [3.8, 4) is 11.5 Å². The van der Waals surface area contributed by atoms with Gasteiger partial charge in [-0.3, -0.25) is 4.79 Å². The summed E-state index contributed by atoms with van der Waals surface area (Å²) in [5.74, 6) is 1.18. The van der Waals surface area contributed by atoms with Crippen LogP contribution in [0.1, 0.15) is 11.1 Å². The molecule has 0 atom stereocenters. The molecule has 5 nitrogen and oxygen atoms in total. The van der Waals surface area contributed by atoms with Gasteiger partial charge in [-0.25, -0.2) is 0 Å². The van der Waals surface area contributed by atoms with Gasteiger partial charge >= 0.3 is 0 Å². The summed E-state index contributed by atoms with van der Waals surface area (Å²) < 4.78 is 10.5. The molecule has 26 heavy (non-hydrogen) atoms. The Kier molecular flexibility index (Phi) is 7.09. The van der Waals surface area contributed by atoms with Gasteiger partial charge in [0.05, 0.1) is 14.2 Å². The van der Waals surface area contributed by atoms with Crippen LogP contribution in [0.15, 0.2) is 48.5 Å². The number of methoxy groups -OCH3 is 2. The predicted octanol–water partition coefficient (Wildman–Crippen LogP) is 3.14. The Morgan fingerprint density at radius 3 is 2.35 bits per heavy atom. The molecular formula is C21H26N2O3. The molecule has 2 aromatic carbocycles. The summed E-state index contributed by atoms with van der Waals surface area (Å²) >= 11 is 0. The van der Waals surface area contributed by atoms with Gasteiger partial charge in [-0.05, 0) is 47.9 Å². The smallest absolute Gasteiger partial charge is 0.244 e. The molecule has 0 heterocycles. The minimum Gasteiger partial charge on any atom is -0.493 e. The van der Waals surface area contributed by atoms with Crippen LogP contribution in [-0.2, 0) is 11.2 Å². The number of amides is 1. The normalized spacial score (nSPS) is 10.6. The zero-order valence-electron chi connectivity index (χ0n) is 15.8. The summed E-state index contributed by atoms with van der Waals surface area (Å²) in [6.07, 6.45) is 4.07. The van der Waals surface area contributed by atoms with Crippen LogP contribution in [-0.4, -0.2) is 40.8 Å². The van der Waals surface area contributed by atoms with Crippen LogP contribution in [0.25, 0.3) is 6.08 Å². The third kappa shape index (κ3) is 5.55. The van der Waals surface area contributed by atoms with Crippen molar-refractivity contribution in [1.82, 2.24) is 5.32 Å². The molecular weight excluding hydrogens is 328 g/mol. The van der Waals surface area contributed by atoms with Crippen LogP contribution in [0.5, 0.6) is 11.5 Å². The van der Waals surface area contributed by atoms with E-state index in [2.05, 4.69) is 34.5 Å². The topological polar surface area (TPSA) is 50.8 Å². The van der Waals surface area contributed by atoms with Crippen LogP contribution in [0.4, 0.5) is 5.69 Å². The monoisotopic (exact) mass is 354 g/mol. The first kappa shape index (κ1) is 19.4. The van der Waals surface area contributed by atoms with Crippen molar-refractivity contribution < 1.29 is 14.3 Å². The molecule has 0 bridgehead atoms. The fourth-order valence-corrected chi connectivity index (χ4v) is 2.48. The van der Waals surface area contributed by atoms with Gasteiger partial charge in [-0.1, -0.05) is 18.2 Å². The van der Waals surface area contributed by atoms with Crippen molar-refractivity contribution >= 4 is 17.7 Å². The van der Waals surface area contributed by atoms with Gasteiger partial charge in [0.1, 0.15) is 0 Å². The van der Waals surface area contributed by atoms with Gasteiger partial charge in [0.2, 0.25) is 5.91 Å². The highest BCUT2D eigenvalue weighted by molar-refractivity contribution is 5.91. The van der Waals surface area contributed by atoms with Crippen LogP contribution >= 0.6 is 0 Å². The molecule has 0 aromatic heterocycles. The first-order valence-corrected chi connectivity index (χ1v) is 8.47. The second-order valence-electron chi connectivity index (χ2n) is 6.05. The Morgan fingerprint density at radius 1 is 1.04 bits per heavy atom. The van der Waals surface area contributed by atoms with E-state index in [9.17, 15) is 4.79 Å². The maximum Gasteiger partial charge on any atom is 0.244 e. The second kappa shape index (κ2) is 9.51. The Labute approximate surface area is 155 Å². The Morgan fingerprint density at radius 2 is 1.73 bits per heavy atom. The van der Waals surface area contributed by atoms with E-state index in [0.29, 0.717) is 18.0 Å². The molecule has 0 unspecified atom stereocenters. The van der Waals surface area contributed by atoms with Crippen molar-refractivity contribution in [1.29, 1.82) is 0 Å². The number of carbonyl (C=O) groups is 1. The summed E-state index contributed by atoms with van der Waals surface area (Å²) in [6.45, 7) is 0.594. The van der Waals surface area contributed by atoms with Gasteiger partial charge in [0, 0.05) is 32.4 Å². The molecule has 0 aliphatic carbocycles. The predicted molar refractivity (Wildman–Crippen MR) is 106 cm³/mol. The van der Waals surface area contributed by atoms with Gasteiger partial charge in [0.15, 0.2) is 11.5 Å². The van der Waals surface area contributed by atoms with E-state index in [1.165, 1.54) is 11.6 Å². The Hall–Kier alpha value is -2.95. The summed E-state index contributed by atoms with van der Waals surface area (Å²) in [7, 11) is 7.21. The lowest BCUT2D eigenvalue weighted by molar-refractivity contribution is -0.116. The molecule has 138 valence electrons. The minimum atomic E-state index is -0.121. The maximum atomic E-state index is 12.0. The molecule has 1 amide bonds. The molecule has 0 saturated heterocycles. The van der Waals surface area contributed by atoms with Gasteiger partial charge in [0.25, 0.3) is 0 Å². The van der Waals surface area contributed by atoms with Crippen molar-refractivity contribution in [2.75, 3.05) is 39.8 Å². The third-order valence-electron chi connectivity index (χ3n) is 4.00. The number of carbonyl (C=O) groups excluding carboxylic acids is 1. The summed E-state index contributed by atoms with van der Waals surface area (Å²) in [5.41, 5.74) is 3.23. The summed E-state index contributed by atoms with van der Waals surface area (Å²) in [4.78, 5) is 14.0. The molecule has 0 radical (unpaired) electrons. The van der Waals surface area contributed by atoms with E-state index in [-0.39, 0.29) is 5.91 Å². The van der Waals surface area contributed by atoms with E-state index in [0.717, 1.165) is 17.7 Å². The number of anilines is 1. The fraction of sp³-hybridized carbons (Fsp3) is 0.286. The van der Waals surface area contributed by atoms with Crippen LogP contribution < -0.4 is 19.7 Å². The lowest BCUT2D eigenvalue weighted by Gasteiger charge is -2.12. The largest absolute Gasteiger partial charge is 0.493 e. The number of rotatable bonds is 8. The zero-order valence-corrected chi connectivity index (χ0v) is 15.8. The lowest BCUT2D eigenvalue weighted by Crippen LogP contribution is -2.23. The lowest BCUT2D eigenvalue weighted by atomic mass is 10.1. The third-order valence-corrected chi connectivity index (χ3v) is 4.00. The first-order chi connectivity index (χ1) is 12.5. The highest BCUT2D eigenvalue weighted by atomic mass is 16.5. The average Bonchev–Trinajstić information content (AvgIpc) is 2.66. The Balaban J connectivity index is 1.83. The highest BCUT2D eigenvalue weighted by Crippen LogP contribution is 2.27. The molecule has 0 spiro atoms. The van der Waals surface area contributed by atoms with Crippen molar-refractivity contribution in [2.45, 2.75) is 6.42 Å². The number of nitrogens with one attached hydrogen (secondary N) is 1. The number of nitrogens with zero attached hydrogens (tertiary/aromatic N) is 1. The number of benzene rings is 2. The zero-order chi connectivity index (χ0) is 18.9. The molecule has 5 heteroatoms. The molecule has 0 fully saturated rings. The first-order valence-electron chi connectivity index (χ1n) is 8.47. The van der Waals surface area contributed by atoms with Crippen molar-refractivity contribution in [3.63, 3.8) is 0 Å². The van der Waals surface area contributed by atoms with Gasteiger partial charge in [-0.15, -0.1) is 0 Å². The highest BCUT2D eigenvalue weighted by Gasteiger charge is 2.03. The molecule has 0 saturated carbocycles. The van der Waals surface area contributed by atoms with E-state index >= 15 is 0 Å². The average molecular weight is 354 g/mol. The van der Waals surface area contributed by atoms with Crippen LogP contribution in [0, 0.1) is 0 Å². The molecule has 0 aliphatic rings. The number of hydrogen-bond acceptors (Lipinski definition) is 4. The fourth-order valence-electron chi connectivity index (χ4n) is 2.48. The van der Waals surface area contributed by atoms with E-state index in [1.54, 1.807) is 20.3 Å².